The van der Waals surface area contributed by atoms with Crippen molar-refractivity contribution in [2.24, 2.45) is 0 Å². The number of piperidine rings is 1. The molecule has 0 amide bonds. The predicted molar refractivity (Wildman–Crippen MR) is 56.2 cm³/mol. The summed E-state index contributed by atoms with van der Waals surface area (Å²) in [6, 6.07) is 9.07. The molecule has 15 heavy (non-hydrogen) atoms. The van der Waals surface area contributed by atoms with Gasteiger partial charge in [0.15, 0.2) is 0 Å². The fourth-order valence-electron chi connectivity index (χ4n) is 2.09. The van der Waals surface area contributed by atoms with E-state index < -0.39 is 11.8 Å². The largest absolute Gasteiger partial charge is 0.305 e. The molecule has 1 saturated heterocycles. The molecule has 0 saturated carbocycles. The van der Waals surface area contributed by atoms with Crippen molar-refractivity contribution in [2.75, 3.05) is 20.1 Å². The van der Waals surface area contributed by atoms with Crippen LogP contribution in [0.25, 0.3) is 0 Å². The minimum atomic E-state index is -2.56. The van der Waals surface area contributed by atoms with Gasteiger partial charge in [-0.3, -0.25) is 0 Å². The number of alkyl halides is 2. The van der Waals surface area contributed by atoms with Crippen molar-refractivity contribution in [3.8, 4) is 0 Å². The molecule has 1 aliphatic rings. The highest BCUT2D eigenvalue weighted by molar-refractivity contribution is 5.23. The first-order valence-corrected chi connectivity index (χ1v) is 5.21. The van der Waals surface area contributed by atoms with E-state index in [1.807, 2.05) is 30.1 Å². The quantitative estimate of drug-likeness (QED) is 0.690. The third kappa shape index (κ3) is 2.17. The number of halogens is 2. The lowest BCUT2D eigenvalue weighted by Gasteiger charge is -2.36. The van der Waals surface area contributed by atoms with Gasteiger partial charge in [0, 0.05) is 19.5 Å². The highest BCUT2D eigenvalue weighted by Crippen LogP contribution is 2.39. The maximum atomic E-state index is 13.7. The predicted octanol–water partition coefficient (Wildman–Crippen LogP) is 2.74. The first kappa shape index (κ1) is 10.6. The highest BCUT2D eigenvalue weighted by atomic mass is 19.3. The van der Waals surface area contributed by atoms with Crippen molar-refractivity contribution in [1.82, 2.24) is 4.90 Å². The van der Waals surface area contributed by atoms with Gasteiger partial charge in [0.05, 0.1) is 5.92 Å². The molecule has 1 nitrogen and oxygen atoms in total. The Hall–Kier alpha value is -0.960. The van der Waals surface area contributed by atoms with Crippen LogP contribution in [-0.4, -0.2) is 31.0 Å². The van der Waals surface area contributed by atoms with E-state index in [1.165, 1.54) is 0 Å². The molecule has 3 heteroatoms. The summed E-state index contributed by atoms with van der Waals surface area (Å²) in [6.07, 6.45) is -0.0386. The Bertz CT molecular complexity index is 324. The first-order valence-electron chi connectivity index (χ1n) is 5.21. The van der Waals surface area contributed by atoms with Crippen LogP contribution in [0.2, 0.25) is 0 Å². The van der Waals surface area contributed by atoms with Crippen LogP contribution in [0.15, 0.2) is 30.3 Å². The summed E-state index contributed by atoms with van der Waals surface area (Å²) in [5.74, 6) is -3.22. The molecule has 0 aromatic heterocycles. The molecule has 2 rings (SSSR count). The van der Waals surface area contributed by atoms with Gasteiger partial charge in [-0.2, -0.15) is 0 Å². The van der Waals surface area contributed by atoms with Crippen LogP contribution in [0.3, 0.4) is 0 Å². The molecular weight excluding hydrogens is 196 g/mol. The van der Waals surface area contributed by atoms with Gasteiger partial charge < -0.3 is 4.90 Å². The second kappa shape index (κ2) is 3.89. The molecule has 0 radical (unpaired) electrons. The number of hydrogen-bond donors (Lipinski definition) is 0. The smallest absolute Gasteiger partial charge is 0.257 e. The van der Waals surface area contributed by atoms with Crippen LogP contribution >= 0.6 is 0 Å². The van der Waals surface area contributed by atoms with E-state index in [4.69, 9.17) is 0 Å². The van der Waals surface area contributed by atoms with E-state index in [9.17, 15) is 8.78 Å². The van der Waals surface area contributed by atoms with Gasteiger partial charge in [-0.05, 0) is 12.6 Å². The Kier molecular flexibility index (Phi) is 2.74. The Morgan fingerprint density at radius 3 is 2.60 bits per heavy atom. The third-order valence-corrected chi connectivity index (χ3v) is 3.03. The van der Waals surface area contributed by atoms with E-state index in [1.54, 1.807) is 12.1 Å². The van der Waals surface area contributed by atoms with Crippen molar-refractivity contribution >= 4 is 0 Å². The Labute approximate surface area is 88.7 Å². The first-order chi connectivity index (χ1) is 7.09. The van der Waals surface area contributed by atoms with Gasteiger partial charge >= 0.3 is 0 Å². The van der Waals surface area contributed by atoms with Gasteiger partial charge in [-0.15, -0.1) is 0 Å². The highest BCUT2D eigenvalue weighted by Gasteiger charge is 2.43. The van der Waals surface area contributed by atoms with Crippen molar-refractivity contribution in [1.29, 1.82) is 0 Å². The molecule has 0 N–H and O–H groups in total. The number of likely N-dealkylation sites (tertiary alicyclic amines) is 1. The Balaban J connectivity index is 2.26. The molecule has 1 atom stereocenters. The summed E-state index contributed by atoms with van der Waals surface area (Å²) >= 11 is 0. The SMILES string of the molecule is CN1CCC(F)(F)[C@H](c2ccccc2)C1. The molecule has 0 unspecified atom stereocenters. The molecule has 0 spiro atoms. The van der Waals surface area contributed by atoms with Crippen LogP contribution in [0.5, 0.6) is 0 Å². The van der Waals surface area contributed by atoms with Crippen molar-refractivity contribution in [3.63, 3.8) is 0 Å². The molecule has 1 fully saturated rings. The Morgan fingerprint density at radius 1 is 1.27 bits per heavy atom. The molecule has 82 valence electrons. The molecule has 1 aromatic rings. The van der Waals surface area contributed by atoms with Crippen LogP contribution < -0.4 is 0 Å². The summed E-state index contributed by atoms with van der Waals surface area (Å²) in [7, 11) is 1.89. The average Bonchev–Trinajstić information content (AvgIpc) is 2.23. The summed E-state index contributed by atoms with van der Waals surface area (Å²) in [6.45, 7) is 0.924. The zero-order valence-electron chi connectivity index (χ0n) is 8.79. The van der Waals surface area contributed by atoms with Crippen LogP contribution in [0.1, 0.15) is 17.9 Å². The second-order valence-corrected chi connectivity index (χ2v) is 4.24. The van der Waals surface area contributed by atoms with Crippen molar-refractivity contribution < 1.29 is 8.78 Å². The van der Waals surface area contributed by atoms with Gasteiger partial charge in [0.1, 0.15) is 0 Å². The number of rotatable bonds is 1. The molecule has 1 heterocycles. The van der Waals surface area contributed by atoms with Gasteiger partial charge in [0.25, 0.3) is 5.92 Å². The van der Waals surface area contributed by atoms with Crippen LogP contribution in [-0.2, 0) is 0 Å². The minimum absolute atomic E-state index is 0.0386. The van der Waals surface area contributed by atoms with E-state index in [-0.39, 0.29) is 6.42 Å². The number of hydrogen-bond acceptors (Lipinski definition) is 1. The average molecular weight is 211 g/mol. The lowest BCUT2D eigenvalue weighted by molar-refractivity contribution is -0.0712. The van der Waals surface area contributed by atoms with Crippen molar-refractivity contribution in [3.05, 3.63) is 35.9 Å². The molecular formula is C12H15F2N. The fraction of sp³-hybridized carbons (Fsp3) is 0.500. The van der Waals surface area contributed by atoms with Crippen LogP contribution in [0.4, 0.5) is 8.78 Å². The fourth-order valence-corrected chi connectivity index (χ4v) is 2.09. The molecule has 0 bridgehead atoms. The zero-order chi connectivity index (χ0) is 10.9. The van der Waals surface area contributed by atoms with E-state index in [0.717, 1.165) is 5.56 Å². The van der Waals surface area contributed by atoms with E-state index >= 15 is 0 Å². The maximum absolute atomic E-state index is 13.7. The minimum Gasteiger partial charge on any atom is -0.305 e. The van der Waals surface area contributed by atoms with Crippen LogP contribution in [0, 0.1) is 0 Å². The van der Waals surface area contributed by atoms with Gasteiger partial charge in [-0.25, -0.2) is 8.78 Å². The maximum Gasteiger partial charge on any atom is 0.257 e. The Morgan fingerprint density at radius 2 is 1.93 bits per heavy atom. The second-order valence-electron chi connectivity index (χ2n) is 4.24. The molecule has 1 aliphatic heterocycles. The zero-order valence-corrected chi connectivity index (χ0v) is 8.79. The summed E-state index contributed by atoms with van der Waals surface area (Å²) in [5.41, 5.74) is 0.744. The topological polar surface area (TPSA) is 3.24 Å². The molecule has 0 aliphatic carbocycles. The normalized spacial score (nSPS) is 26.5. The van der Waals surface area contributed by atoms with Crippen molar-refractivity contribution in [2.45, 2.75) is 18.3 Å². The number of nitrogens with zero attached hydrogens (tertiary/aromatic N) is 1. The van der Waals surface area contributed by atoms with Gasteiger partial charge in [-0.1, -0.05) is 30.3 Å². The van der Waals surface area contributed by atoms with Gasteiger partial charge in [0.2, 0.25) is 0 Å². The third-order valence-electron chi connectivity index (χ3n) is 3.03. The monoisotopic (exact) mass is 211 g/mol. The summed E-state index contributed by atoms with van der Waals surface area (Å²) in [5, 5.41) is 0. The van der Waals surface area contributed by atoms with E-state index in [0.29, 0.717) is 13.1 Å². The summed E-state index contributed by atoms with van der Waals surface area (Å²) in [4.78, 5) is 1.97. The lowest BCUT2D eigenvalue weighted by atomic mass is 9.87. The summed E-state index contributed by atoms with van der Waals surface area (Å²) < 4.78 is 27.4. The number of likely N-dealkylation sites (N-methyl/N-ethyl adjacent to an activating group) is 1. The molecule has 1 aromatic carbocycles. The van der Waals surface area contributed by atoms with E-state index in [2.05, 4.69) is 0 Å². The standard InChI is InChI=1S/C12H15F2N/c1-15-8-7-12(13,14)11(9-15)10-5-3-2-4-6-10/h2-6,11H,7-9H2,1H3/t11-/m0/s1. The lowest BCUT2D eigenvalue weighted by Crippen LogP contribution is -2.43. The number of benzene rings is 1.